The fraction of sp³-hybridized carbons (Fsp3) is 0.200. The summed E-state index contributed by atoms with van der Waals surface area (Å²) in [5.41, 5.74) is 0.873. The van der Waals surface area contributed by atoms with Crippen molar-refractivity contribution in [2.75, 3.05) is 0 Å². The van der Waals surface area contributed by atoms with Crippen LogP contribution in [0.25, 0.3) is 5.65 Å². The molecule has 3 aromatic rings. The lowest BCUT2D eigenvalue weighted by Gasteiger charge is -2.14. The molecule has 7 nitrogen and oxygen atoms in total. The zero-order valence-corrected chi connectivity index (χ0v) is 13.1. The van der Waals surface area contributed by atoms with Crippen molar-refractivity contribution in [3.8, 4) is 0 Å². The Balaban J connectivity index is 1.72. The number of aromatic nitrogens is 4. The lowest BCUT2D eigenvalue weighted by atomic mass is 10.1. The van der Waals surface area contributed by atoms with Crippen molar-refractivity contribution in [3.63, 3.8) is 0 Å². The third kappa shape index (κ3) is 3.24. The Morgan fingerprint density at radius 3 is 2.74 bits per heavy atom. The smallest absolute Gasteiger partial charge is 0.348 e. The monoisotopic (exact) mass is 331 g/mol. The number of carbonyl (C=O) groups excluding carboxylic acids is 1. The van der Waals surface area contributed by atoms with E-state index < -0.39 is 5.69 Å². The minimum Gasteiger partial charge on any atom is -0.348 e. The Labute approximate surface area is 136 Å². The highest BCUT2D eigenvalue weighted by atomic mass is 35.5. The molecule has 0 fully saturated rings. The SMILES string of the molecule is C[C@H](NC(=O)Cn1nc2cccnn2c1=O)c1ccc(Cl)cc1. The number of hydrogen-bond acceptors (Lipinski definition) is 4. The molecule has 0 saturated heterocycles. The maximum atomic E-state index is 12.1. The molecule has 2 heterocycles. The molecule has 8 heteroatoms. The van der Waals surface area contributed by atoms with Gasteiger partial charge < -0.3 is 5.32 Å². The third-order valence-electron chi connectivity index (χ3n) is 3.40. The van der Waals surface area contributed by atoms with Crippen molar-refractivity contribution in [2.45, 2.75) is 19.5 Å². The zero-order valence-electron chi connectivity index (χ0n) is 12.3. The number of fused-ring (bicyclic) bond motifs is 1. The molecule has 1 aromatic carbocycles. The molecular weight excluding hydrogens is 318 g/mol. The number of nitrogens with zero attached hydrogens (tertiary/aromatic N) is 4. The summed E-state index contributed by atoms with van der Waals surface area (Å²) >= 11 is 5.84. The van der Waals surface area contributed by atoms with Crippen LogP contribution in [0.5, 0.6) is 0 Å². The van der Waals surface area contributed by atoms with Crippen molar-refractivity contribution in [1.29, 1.82) is 0 Å². The summed E-state index contributed by atoms with van der Waals surface area (Å²) in [5.74, 6) is -0.307. The molecule has 0 unspecified atom stereocenters. The van der Waals surface area contributed by atoms with Crippen LogP contribution in [0.15, 0.2) is 47.4 Å². The van der Waals surface area contributed by atoms with Gasteiger partial charge in [-0.15, -0.1) is 5.10 Å². The van der Waals surface area contributed by atoms with Crippen LogP contribution in [0.3, 0.4) is 0 Å². The molecule has 0 aliphatic carbocycles. The second-order valence-corrected chi connectivity index (χ2v) is 5.51. The highest BCUT2D eigenvalue weighted by molar-refractivity contribution is 6.30. The molecule has 3 rings (SSSR count). The highest BCUT2D eigenvalue weighted by Crippen LogP contribution is 2.15. The Hall–Kier alpha value is -2.67. The first-order valence-corrected chi connectivity index (χ1v) is 7.38. The van der Waals surface area contributed by atoms with Gasteiger partial charge in [0.2, 0.25) is 5.91 Å². The highest BCUT2D eigenvalue weighted by Gasteiger charge is 2.14. The largest absolute Gasteiger partial charge is 0.367 e. The number of rotatable bonds is 4. The summed E-state index contributed by atoms with van der Waals surface area (Å²) in [6.07, 6.45) is 1.49. The Kier molecular flexibility index (Phi) is 4.12. The van der Waals surface area contributed by atoms with Crippen LogP contribution in [0.4, 0.5) is 0 Å². The average molecular weight is 332 g/mol. The van der Waals surface area contributed by atoms with E-state index >= 15 is 0 Å². The van der Waals surface area contributed by atoms with Crippen LogP contribution >= 0.6 is 11.6 Å². The van der Waals surface area contributed by atoms with Crippen LogP contribution in [0.1, 0.15) is 18.5 Å². The molecule has 0 bridgehead atoms. The van der Waals surface area contributed by atoms with E-state index in [-0.39, 0.29) is 18.5 Å². The summed E-state index contributed by atoms with van der Waals surface area (Å²) in [4.78, 5) is 24.2. The minimum absolute atomic E-state index is 0.167. The molecule has 0 aliphatic rings. The summed E-state index contributed by atoms with van der Waals surface area (Å²) in [6.45, 7) is 1.69. The quantitative estimate of drug-likeness (QED) is 0.784. The van der Waals surface area contributed by atoms with E-state index in [0.717, 1.165) is 14.8 Å². The van der Waals surface area contributed by atoms with Crippen molar-refractivity contribution in [1.82, 2.24) is 24.7 Å². The van der Waals surface area contributed by atoms with E-state index in [0.29, 0.717) is 10.7 Å². The van der Waals surface area contributed by atoms with Gasteiger partial charge in [-0.25, -0.2) is 9.48 Å². The van der Waals surface area contributed by atoms with E-state index in [2.05, 4.69) is 15.5 Å². The molecule has 1 atom stereocenters. The second kappa shape index (κ2) is 6.21. The predicted octanol–water partition coefficient (Wildman–Crippen LogP) is 1.42. The van der Waals surface area contributed by atoms with Crippen molar-refractivity contribution in [2.24, 2.45) is 0 Å². The fourth-order valence-electron chi connectivity index (χ4n) is 2.22. The van der Waals surface area contributed by atoms with E-state index in [9.17, 15) is 9.59 Å². The maximum Gasteiger partial charge on any atom is 0.367 e. The zero-order chi connectivity index (χ0) is 16.4. The van der Waals surface area contributed by atoms with E-state index in [1.165, 1.54) is 6.20 Å². The maximum absolute atomic E-state index is 12.1. The number of carbonyl (C=O) groups is 1. The molecular formula is C15H14ClN5O2. The van der Waals surface area contributed by atoms with Gasteiger partial charge >= 0.3 is 5.69 Å². The molecule has 118 valence electrons. The summed E-state index contributed by atoms with van der Waals surface area (Å²) in [5, 5.41) is 11.4. The Morgan fingerprint density at radius 1 is 1.30 bits per heavy atom. The van der Waals surface area contributed by atoms with Crippen LogP contribution in [-0.4, -0.2) is 25.3 Å². The van der Waals surface area contributed by atoms with E-state index in [1.54, 1.807) is 24.3 Å². The summed E-state index contributed by atoms with van der Waals surface area (Å²) < 4.78 is 2.24. The van der Waals surface area contributed by atoms with Crippen molar-refractivity contribution < 1.29 is 4.79 Å². The van der Waals surface area contributed by atoms with Crippen molar-refractivity contribution >= 4 is 23.2 Å². The van der Waals surface area contributed by atoms with Crippen LogP contribution in [-0.2, 0) is 11.3 Å². The first kappa shape index (κ1) is 15.2. The van der Waals surface area contributed by atoms with Gasteiger partial charge in [0.1, 0.15) is 6.54 Å². The fourth-order valence-corrected chi connectivity index (χ4v) is 2.35. The molecule has 0 saturated carbocycles. The van der Waals surface area contributed by atoms with Gasteiger partial charge in [0.25, 0.3) is 0 Å². The summed E-state index contributed by atoms with van der Waals surface area (Å²) in [6, 6.07) is 10.3. The molecule has 0 aliphatic heterocycles. The number of amides is 1. The van der Waals surface area contributed by atoms with E-state index in [4.69, 9.17) is 11.6 Å². The average Bonchev–Trinajstić information content (AvgIpc) is 2.84. The van der Waals surface area contributed by atoms with Gasteiger partial charge in [0.05, 0.1) is 6.04 Å². The molecule has 0 radical (unpaired) electrons. The van der Waals surface area contributed by atoms with Crippen LogP contribution in [0, 0.1) is 0 Å². The molecule has 1 N–H and O–H groups in total. The standard InChI is InChI=1S/C15H14ClN5O2/c1-10(11-4-6-12(16)7-5-11)18-14(22)9-20-15(23)21-13(19-20)3-2-8-17-21/h2-8,10H,9H2,1H3,(H,18,22)/t10-/m0/s1. The van der Waals surface area contributed by atoms with E-state index in [1.807, 2.05) is 19.1 Å². The van der Waals surface area contributed by atoms with Gasteiger partial charge in [-0.3, -0.25) is 4.79 Å². The Morgan fingerprint density at radius 2 is 2.04 bits per heavy atom. The van der Waals surface area contributed by atoms with Gasteiger partial charge in [-0.1, -0.05) is 23.7 Å². The van der Waals surface area contributed by atoms with Gasteiger partial charge in [0, 0.05) is 11.2 Å². The molecule has 0 spiro atoms. The predicted molar refractivity (Wildman–Crippen MR) is 85.3 cm³/mol. The molecule has 23 heavy (non-hydrogen) atoms. The van der Waals surface area contributed by atoms with Crippen LogP contribution < -0.4 is 11.0 Å². The number of benzene rings is 1. The third-order valence-corrected chi connectivity index (χ3v) is 3.65. The first-order chi connectivity index (χ1) is 11.0. The number of nitrogens with one attached hydrogen (secondary N) is 1. The summed E-state index contributed by atoms with van der Waals surface area (Å²) in [7, 11) is 0. The van der Waals surface area contributed by atoms with Gasteiger partial charge in [-0.2, -0.15) is 9.61 Å². The van der Waals surface area contributed by atoms with Gasteiger partial charge in [-0.05, 0) is 36.8 Å². The topological polar surface area (TPSA) is 81.3 Å². The molecule has 1 amide bonds. The van der Waals surface area contributed by atoms with Gasteiger partial charge in [0.15, 0.2) is 5.65 Å². The normalized spacial score (nSPS) is 12.3. The first-order valence-electron chi connectivity index (χ1n) is 7.00. The lowest BCUT2D eigenvalue weighted by molar-refractivity contribution is -0.122. The minimum atomic E-state index is -0.449. The second-order valence-electron chi connectivity index (χ2n) is 5.07. The molecule has 2 aromatic heterocycles. The Bertz CT molecular complexity index is 900. The number of hydrogen-bond donors (Lipinski definition) is 1. The van der Waals surface area contributed by atoms with Crippen molar-refractivity contribution in [3.05, 3.63) is 63.7 Å². The lowest BCUT2D eigenvalue weighted by Crippen LogP contribution is -2.34. The number of halogens is 1. The van der Waals surface area contributed by atoms with Crippen LogP contribution in [0.2, 0.25) is 5.02 Å².